The number of carbonyl (C=O) groups is 1. The van der Waals surface area contributed by atoms with Crippen LogP contribution >= 0.6 is 15.9 Å². The molecule has 0 saturated carbocycles. The van der Waals surface area contributed by atoms with E-state index < -0.39 is 0 Å². The minimum Gasteiger partial charge on any atom is -0.344 e. The molecule has 18 heavy (non-hydrogen) atoms. The van der Waals surface area contributed by atoms with Crippen LogP contribution in [0.2, 0.25) is 0 Å². The molecule has 98 valence electrons. The van der Waals surface area contributed by atoms with Crippen molar-refractivity contribution in [3.05, 3.63) is 35.4 Å². The van der Waals surface area contributed by atoms with Crippen LogP contribution in [0, 0.1) is 5.92 Å². The Bertz CT molecular complexity index is 430. The molecule has 0 aromatic heterocycles. The highest BCUT2D eigenvalue weighted by Crippen LogP contribution is 2.26. The summed E-state index contributed by atoms with van der Waals surface area (Å²) < 4.78 is 0. The first-order valence-corrected chi connectivity index (χ1v) is 7.45. The summed E-state index contributed by atoms with van der Waals surface area (Å²) in [7, 11) is 1.90. The van der Waals surface area contributed by atoms with Gasteiger partial charge in [-0.05, 0) is 30.4 Å². The zero-order valence-corrected chi connectivity index (χ0v) is 12.6. The fraction of sp³-hybridized carbons (Fsp3) is 0.533. The highest BCUT2D eigenvalue weighted by atomic mass is 79.9. The van der Waals surface area contributed by atoms with Gasteiger partial charge in [0.15, 0.2) is 0 Å². The first-order valence-electron chi connectivity index (χ1n) is 6.53. The molecule has 2 nitrogen and oxygen atoms in total. The third kappa shape index (κ3) is 3.14. The number of hydrogen-bond donors (Lipinski definition) is 0. The molecule has 3 heteroatoms. The van der Waals surface area contributed by atoms with Crippen LogP contribution in [0.1, 0.15) is 24.5 Å². The van der Waals surface area contributed by atoms with Crippen LogP contribution in [-0.2, 0) is 17.6 Å². The SMILES string of the molecule is CC(Br)CN(C)C(=O)C1CCc2ccccc2C1. The number of halogens is 1. The lowest BCUT2D eigenvalue weighted by Gasteiger charge is -2.28. The van der Waals surface area contributed by atoms with Crippen LogP contribution in [0.15, 0.2) is 24.3 Å². The molecule has 0 aliphatic heterocycles. The summed E-state index contributed by atoms with van der Waals surface area (Å²) in [6.45, 7) is 2.84. The van der Waals surface area contributed by atoms with Gasteiger partial charge in [-0.3, -0.25) is 4.79 Å². The van der Waals surface area contributed by atoms with Crippen LogP contribution < -0.4 is 0 Å². The van der Waals surface area contributed by atoms with E-state index in [1.54, 1.807) is 0 Å². The zero-order valence-electron chi connectivity index (χ0n) is 11.0. The van der Waals surface area contributed by atoms with E-state index in [1.165, 1.54) is 11.1 Å². The lowest BCUT2D eigenvalue weighted by Crippen LogP contribution is -2.38. The summed E-state index contributed by atoms with van der Waals surface area (Å²) >= 11 is 3.50. The Morgan fingerprint density at radius 2 is 2.11 bits per heavy atom. The molecule has 0 fully saturated rings. The van der Waals surface area contributed by atoms with E-state index >= 15 is 0 Å². The second-order valence-corrected chi connectivity index (χ2v) is 6.77. The molecule has 0 radical (unpaired) electrons. The molecule has 2 unspecified atom stereocenters. The number of nitrogens with zero attached hydrogens (tertiary/aromatic N) is 1. The quantitative estimate of drug-likeness (QED) is 0.786. The van der Waals surface area contributed by atoms with Gasteiger partial charge in [-0.2, -0.15) is 0 Å². The van der Waals surface area contributed by atoms with Crippen molar-refractivity contribution < 1.29 is 4.79 Å². The molecule has 1 aromatic rings. The van der Waals surface area contributed by atoms with Gasteiger partial charge in [0, 0.05) is 24.3 Å². The van der Waals surface area contributed by atoms with Gasteiger partial charge in [0.25, 0.3) is 0 Å². The molecule has 1 aliphatic carbocycles. The van der Waals surface area contributed by atoms with Gasteiger partial charge < -0.3 is 4.90 Å². The van der Waals surface area contributed by atoms with E-state index in [9.17, 15) is 4.79 Å². The highest BCUT2D eigenvalue weighted by Gasteiger charge is 2.26. The fourth-order valence-corrected chi connectivity index (χ4v) is 3.12. The van der Waals surface area contributed by atoms with Gasteiger partial charge in [-0.15, -0.1) is 0 Å². The van der Waals surface area contributed by atoms with Gasteiger partial charge in [-0.25, -0.2) is 0 Å². The number of benzene rings is 1. The van der Waals surface area contributed by atoms with Crippen LogP contribution in [0.3, 0.4) is 0 Å². The van der Waals surface area contributed by atoms with Crippen LogP contribution in [0.5, 0.6) is 0 Å². The monoisotopic (exact) mass is 309 g/mol. The molecule has 0 saturated heterocycles. The lowest BCUT2D eigenvalue weighted by molar-refractivity contribution is -0.134. The lowest BCUT2D eigenvalue weighted by atomic mass is 9.83. The maximum Gasteiger partial charge on any atom is 0.225 e. The predicted octanol–water partition coefficient (Wildman–Crippen LogP) is 3.03. The van der Waals surface area contributed by atoms with Crippen molar-refractivity contribution >= 4 is 21.8 Å². The van der Waals surface area contributed by atoms with Crippen LogP contribution in [-0.4, -0.2) is 29.2 Å². The number of hydrogen-bond acceptors (Lipinski definition) is 1. The molecule has 0 heterocycles. The topological polar surface area (TPSA) is 20.3 Å². The second kappa shape index (κ2) is 5.87. The molecule has 0 bridgehead atoms. The van der Waals surface area contributed by atoms with Gasteiger partial charge in [0.2, 0.25) is 5.91 Å². The fourth-order valence-electron chi connectivity index (χ4n) is 2.69. The number of amides is 1. The third-order valence-electron chi connectivity index (χ3n) is 3.60. The van der Waals surface area contributed by atoms with E-state index in [2.05, 4.69) is 47.1 Å². The maximum absolute atomic E-state index is 12.3. The molecular formula is C15H20BrNO. The zero-order chi connectivity index (χ0) is 13.1. The van der Waals surface area contributed by atoms with E-state index in [-0.39, 0.29) is 11.8 Å². The Morgan fingerprint density at radius 3 is 2.78 bits per heavy atom. The van der Waals surface area contributed by atoms with E-state index in [0.717, 1.165) is 25.8 Å². The smallest absolute Gasteiger partial charge is 0.225 e. The average Bonchev–Trinajstić information content (AvgIpc) is 2.36. The van der Waals surface area contributed by atoms with Crippen molar-refractivity contribution in [2.45, 2.75) is 31.0 Å². The molecule has 1 aromatic carbocycles. The number of fused-ring (bicyclic) bond motifs is 1. The van der Waals surface area contributed by atoms with Crippen LogP contribution in [0.25, 0.3) is 0 Å². The van der Waals surface area contributed by atoms with Crippen molar-refractivity contribution in [2.75, 3.05) is 13.6 Å². The Balaban J connectivity index is 2.02. The summed E-state index contributed by atoms with van der Waals surface area (Å²) in [4.78, 5) is 14.6. The molecule has 2 rings (SSSR count). The third-order valence-corrected chi connectivity index (χ3v) is 3.89. The molecule has 2 atom stereocenters. The minimum atomic E-state index is 0.163. The Morgan fingerprint density at radius 1 is 1.44 bits per heavy atom. The van der Waals surface area contributed by atoms with E-state index in [4.69, 9.17) is 0 Å². The summed E-state index contributed by atoms with van der Waals surface area (Å²) in [6, 6.07) is 8.48. The Hall–Kier alpha value is -0.830. The Kier molecular flexibility index (Phi) is 4.44. The van der Waals surface area contributed by atoms with Gasteiger partial charge in [-0.1, -0.05) is 47.1 Å². The average molecular weight is 310 g/mol. The molecule has 1 amide bonds. The van der Waals surface area contributed by atoms with Crippen molar-refractivity contribution in [1.29, 1.82) is 0 Å². The number of aryl methyl sites for hydroxylation is 1. The molecule has 0 N–H and O–H groups in total. The maximum atomic E-state index is 12.3. The van der Waals surface area contributed by atoms with E-state index in [0.29, 0.717) is 4.83 Å². The standard InChI is InChI=1S/C15H20BrNO/c1-11(16)10-17(2)15(18)14-8-7-12-5-3-4-6-13(12)9-14/h3-6,11,14H,7-10H2,1-2H3. The van der Waals surface area contributed by atoms with Crippen molar-refractivity contribution in [3.8, 4) is 0 Å². The van der Waals surface area contributed by atoms with E-state index in [1.807, 2.05) is 11.9 Å². The van der Waals surface area contributed by atoms with Gasteiger partial charge >= 0.3 is 0 Å². The van der Waals surface area contributed by atoms with Gasteiger partial charge in [0.05, 0.1) is 0 Å². The number of rotatable bonds is 3. The van der Waals surface area contributed by atoms with Crippen LogP contribution in [0.4, 0.5) is 0 Å². The van der Waals surface area contributed by atoms with Crippen molar-refractivity contribution in [1.82, 2.24) is 4.90 Å². The summed E-state index contributed by atoms with van der Waals surface area (Å²) in [5.74, 6) is 0.451. The second-order valence-electron chi connectivity index (χ2n) is 5.21. The normalized spacial score (nSPS) is 20.1. The van der Waals surface area contributed by atoms with Crippen molar-refractivity contribution in [3.63, 3.8) is 0 Å². The first-order chi connectivity index (χ1) is 8.58. The summed E-state index contributed by atoms with van der Waals surface area (Å²) in [5.41, 5.74) is 2.76. The number of alkyl halides is 1. The summed E-state index contributed by atoms with van der Waals surface area (Å²) in [5, 5.41) is 0. The largest absolute Gasteiger partial charge is 0.344 e. The number of carbonyl (C=O) groups excluding carboxylic acids is 1. The molecule has 1 aliphatic rings. The molecular weight excluding hydrogens is 290 g/mol. The Labute approximate surface area is 117 Å². The van der Waals surface area contributed by atoms with Crippen molar-refractivity contribution in [2.24, 2.45) is 5.92 Å². The highest BCUT2D eigenvalue weighted by molar-refractivity contribution is 9.09. The molecule has 0 spiro atoms. The minimum absolute atomic E-state index is 0.163. The summed E-state index contributed by atoms with van der Waals surface area (Å²) in [6.07, 6.45) is 2.91. The first kappa shape index (κ1) is 13.6. The van der Waals surface area contributed by atoms with Gasteiger partial charge in [0.1, 0.15) is 0 Å². The predicted molar refractivity (Wildman–Crippen MR) is 78.0 cm³/mol.